The van der Waals surface area contributed by atoms with E-state index < -0.39 is 5.41 Å². The molecular formula is C44H87NO5. The van der Waals surface area contributed by atoms with E-state index in [9.17, 15) is 14.7 Å². The fourth-order valence-corrected chi connectivity index (χ4v) is 7.07. The molecular weight excluding hydrogens is 622 g/mol. The summed E-state index contributed by atoms with van der Waals surface area (Å²) in [5.41, 5.74) is -0.395. The molecule has 0 rings (SSSR count). The van der Waals surface area contributed by atoms with Crippen LogP contribution in [-0.4, -0.2) is 61.4 Å². The molecule has 0 saturated carbocycles. The van der Waals surface area contributed by atoms with Gasteiger partial charge in [-0.2, -0.15) is 0 Å². The lowest BCUT2D eigenvalue weighted by molar-refractivity contribution is -0.154. The summed E-state index contributed by atoms with van der Waals surface area (Å²) < 4.78 is 11.3. The number of aliphatic hydroxyl groups is 1. The second kappa shape index (κ2) is 32.5. The van der Waals surface area contributed by atoms with Crippen LogP contribution in [0.3, 0.4) is 0 Å². The number of aliphatic hydroxyl groups excluding tert-OH is 1. The highest BCUT2D eigenvalue weighted by atomic mass is 16.5. The summed E-state index contributed by atoms with van der Waals surface area (Å²) in [5, 5.41) is 9.41. The number of carbonyl (C=O) groups excluding carboxylic acids is 2. The van der Waals surface area contributed by atoms with Gasteiger partial charge >= 0.3 is 11.9 Å². The average molecular weight is 710 g/mol. The van der Waals surface area contributed by atoms with Crippen molar-refractivity contribution in [2.75, 3.05) is 39.5 Å². The van der Waals surface area contributed by atoms with Crippen molar-refractivity contribution < 1.29 is 24.2 Å². The first-order valence-corrected chi connectivity index (χ1v) is 21.7. The third kappa shape index (κ3) is 29.4. The monoisotopic (exact) mass is 710 g/mol. The van der Waals surface area contributed by atoms with Crippen LogP contribution < -0.4 is 0 Å². The Morgan fingerprint density at radius 1 is 0.580 bits per heavy atom. The number of rotatable bonds is 37. The second-order valence-electron chi connectivity index (χ2n) is 16.9. The highest BCUT2D eigenvalue weighted by Crippen LogP contribution is 2.27. The molecule has 298 valence electrons. The SMILES string of the molecule is CCCCCCCCCC(=O)OCC(C)(C)CCCCCN(CCCO)CCCCCCC(C)(C)C(=O)OCCCCCC(CCC)CCC. The van der Waals surface area contributed by atoms with E-state index in [1.807, 2.05) is 13.8 Å². The molecule has 0 atom stereocenters. The summed E-state index contributed by atoms with van der Waals surface area (Å²) in [6.07, 6.45) is 29.8. The molecule has 0 aliphatic heterocycles. The van der Waals surface area contributed by atoms with Gasteiger partial charge in [0.2, 0.25) is 0 Å². The molecule has 0 bridgehead atoms. The minimum atomic E-state index is -0.413. The van der Waals surface area contributed by atoms with Crippen LogP contribution in [0.15, 0.2) is 0 Å². The van der Waals surface area contributed by atoms with Crippen molar-refractivity contribution in [1.29, 1.82) is 0 Å². The molecule has 0 heterocycles. The summed E-state index contributed by atoms with van der Waals surface area (Å²) in [6.45, 7) is 19.7. The quantitative estimate of drug-likeness (QED) is 0.0511. The fraction of sp³-hybridized carbons (Fsp3) is 0.955. The zero-order chi connectivity index (χ0) is 37.4. The van der Waals surface area contributed by atoms with E-state index in [1.165, 1.54) is 83.5 Å². The van der Waals surface area contributed by atoms with Gasteiger partial charge in [0.1, 0.15) is 0 Å². The number of esters is 2. The number of hydrogen-bond acceptors (Lipinski definition) is 6. The van der Waals surface area contributed by atoms with Gasteiger partial charge < -0.3 is 19.5 Å². The molecule has 0 saturated heterocycles. The Bertz CT molecular complexity index is 776. The number of ether oxygens (including phenoxy) is 2. The molecule has 0 aromatic rings. The van der Waals surface area contributed by atoms with Gasteiger partial charge in [0.15, 0.2) is 0 Å². The lowest BCUT2D eigenvalue weighted by Gasteiger charge is -2.25. The van der Waals surface area contributed by atoms with Crippen LogP contribution >= 0.6 is 0 Å². The Morgan fingerprint density at radius 2 is 1.12 bits per heavy atom. The zero-order valence-corrected chi connectivity index (χ0v) is 34.7. The van der Waals surface area contributed by atoms with E-state index in [-0.39, 0.29) is 24.0 Å². The van der Waals surface area contributed by atoms with Gasteiger partial charge in [0.25, 0.3) is 0 Å². The topological polar surface area (TPSA) is 76.1 Å². The Labute approximate surface area is 312 Å². The van der Waals surface area contributed by atoms with Crippen molar-refractivity contribution in [1.82, 2.24) is 4.90 Å². The van der Waals surface area contributed by atoms with E-state index in [2.05, 4.69) is 39.5 Å². The Balaban J connectivity index is 4.09. The van der Waals surface area contributed by atoms with Crippen LogP contribution in [0, 0.1) is 16.7 Å². The summed E-state index contributed by atoms with van der Waals surface area (Å²) in [5.74, 6) is 0.802. The molecule has 6 heteroatoms. The fourth-order valence-electron chi connectivity index (χ4n) is 7.07. The largest absolute Gasteiger partial charge is 0.465 e. The first-order valence-electron chi connectivity index (χ1n) is 21.7. The van der Waals surface area contributed by atoms with Crippen molar-refractivity contribution in [3.05, 3.63) is 0 Å². The predicted molar refractivity (Wildman–Crippen MR) is 214 cm³/mol. The molecule has 0 aliphatic carbocycles. The van der Waals surface area contributed by atoms with Gasteiger partial charge in [-0.25, -0.2) is 0 Å². The lowest BCUT2D eigenvalue weighted by atomic mass is 9.87. The molecule has 0 radical (unpaired) electrons. The van der Waals surface area contributed by atoms with E-state index in [0.717, 1.165) is 103 Å². The summed E-state index contributed by atoms with van der Waals surface area (Å²) >= 11 is 0. The number of nitrogens with zero attached hydrogens (tertiary/aromatic N) is 1. The highest BCUT2D eigenvalue weighted by Gasteiger charge is 2.28. The van der Waals surface area contributed by atoms with Gasteiger partial charge in [-0.3, -0.25) is 9.59 Å². The lowest BCUT2D eigenvalue weighted by Crippen LogP contribution is -2.28. The smallest absolute Gasteiger partial charge is 0.311 e. The maximum atomic E-state index is 12.8. The predicted octanol–water partition coefficient (Wildman–Crippen LogP) is 12.2. The van der Waals surface area contributed by atoms with Crippen molar-refractivity contribution in [2.45, 2.75) is 215 Å². The molecule has 6 nitrogen and oxygen atoms in total. The number of unbranched alkanes of at least 4 members (excludes halogenated alkanes) is 13. The van der Waals surface area contributed by atoms with E-state index in [0.29, 0.717) is 19.6 Å². The van der Waals surface area contributed by atoms with Gasteiger partial charge in [-0.05, 0) is 83.2 Å². The van der Waals surface area contributed by atoms with Crippen LogP contribution in [0.1, 0.15) is 215 Å². The highest BCUT2D eigenvalue weighted by molar-refractivity contribution is 5.75. The van der Waals surface area contributed by atoms with Crippen molar-refractivity contribution in [2.24, 2.45) is 16.7 Å². The van der Waals surface area contributed by atoms with E-state index in [1.54, 1.807) is 0 Å². The van der Waals surface area contributed by atoms with E-state index in [4.69, 9.17) is 9.47 Å². The van der Waals surface area contributed by atoms with Crippen LogP contribution in [0.5, 0.6) is 0 Å². The van der Waals surface area contributed by atoms with Gasteiger partial charge in [-0.15, -0.1) is 0 Å². The standard InChI is InChI=1S/C44H87NO5/c1-8-11-12-13-14-15-21-31-41(47)50-39-43(4,5)32-22-19-25-35-45(36-27-37-46)34-24-17-16-23-33-44(6,7)42(48)49-38-26-18-20-30-40(28-9-2)29-10-3/h40,46H,8-39H2,1-7H3. The minimum Gasteiger partial charge on any atom is -0.465 e. The zero-order valence-electron chi connectivity index (χ0n) is 34.7. The summed E-state index contributed by atoms with van der Waals surface area (Å²) in [7, 11) is 0. The van der Waals surface area contributed by atoms with Crippen molar-refractivity contribution in [3.63, 3.8) is 0 Å². The van der Waals surface area contributed by atoms with Crippen LogP contribution in [0.4, 0.5) is 0 Å². The molecule has 0 fully saturated rings. The first-order chi connectivity index (χ1) is 24.0. The Kier molecular flexibility index (Phi) is 31.8. The minimum absolute atomic E-state index is 0.0173. The normalized spacial score (nSPS) is 12.3. The number of hydrogen-bond donors (Lipinski definition) is 1. The molecule has 0 aromatic heterocycles. The Morgan fingerprint density at radius 3 is 1.76 bits per heavy atom. The summed E-state index contributed by atoms with van der Waals surface area (Å²) in [4.78, 5) is 27.5. The summed E-state index contributed by atoms with van der Waals surface area (Å²) in [6, 6.07) is 0. The van der Waals surface area contributed by atoms with Crippen LogP contribution in [-0.2, 0) is 19.1 Å². The van der Waals surface area contributed by atoms with Crippen molar-refractivity contribution in [3.8, 4) is 0 Å². The van der Waals surface area contributed by atoms with Gasteiger partial charge in [0.05, 0.1) is 18.6 Å². The third-order valence-electron chi connectivity index (χ3n) is 10.5. The van der Waals surface area contributed by atoms with Crippen LogP contribution in [0.2, 0.25) is 0 Å². The third-order valence-corrected chi connectivity index (χ3v) is 10.5. The van der Waals surface area contributed by atoms with Gasteiger partial charge in [0, 0.05) is 19.6 Å². The molecule has 1 N–H and O–H groups in total. The molecule has 0 unspecified atom stereocenters. The van der Waals surface area contributed by atoms with Gasteiger partial charge in [-0.1, -0.05) is 150 Å². The molecule has 0 aromatic carbocycles. The molecule has 0 spiro atoms. The second-order valence-corrected chi connectivity index (χ2v) is 16.9. The average Bonchev–Trinajstić information content (AvgIpc) is 3.08. The first kappa shape index (κ1) is 48.9. The van der Waals surface area contributed by atoms with E-state index >= 15 is 0 Å². The van der Waals surface area contributed by atoms with Crippen molar-refractivity contribution >= 4 is 11.9 Å². The molecule has 0 aliphatic rings. The maximum absolute atomic E-state index is 12.8. The molecule has 0 amide bonds. The number of carbonyl (C=O) groups is 2. The molecule has 50 heavy (non-hydrogen) atoms. The maximum Gasteiger partial charge on any atom is 0.311 e. The van der Waals surface area contributed by atoms with Crippen LogP contribution in [0.25, 0.3) is 0 Å². The Hall–Kier alpha value is -1.14.